The van der Waals surface area contributed by atoms with Crippen molar-refractivity contribution in [1.82, 2.24) is 0 Å². The highest BCUT2D eigenvalue weighted by Gasteiger charge is 2.13. The van der Waals surface area contributed by atoms with Crippen LogP contribution in [0.2, 0.25) is 0 Å². The molecule has 1 rings (SSSR count). The monoisotopic (exact) mass is 234 g/mol. The minimum absolute atomic E-state index is 0.0284. The quantitative estimate of drug-likeness (QED) is 0.594. The molecular formula is C11H14N4O2. The summed E-state index contributed by atoms with van der Waals surface area (Å²) in [5, 5.41) is 22.4. The number of hydrogen-bond acceptors (Lipinski definition) is 5. The van der Waals surface area contributed by atoms with E-state index in [9.17, 15) is 10.1 Å². The Hall–Kier alpha value is -2.13. The number of nitrogens with two attached hydrogens (primary N) is 1. The van der Waals surface area contributed by atoms with Crippen LogP contribution in [0.1, 0.15) is 18.9 Å². The minimum Gasteiger partial charge on any atom is -0.379 e. The van der Waals surface area contributed by atoms with Crippen molar-refractivity contribution in [1.29, 1.82) is 5.26 Å². The van der Waals surface area contributed by atoms with Gasteiger partial charge in [-0.3, -0.25) is 10.1 Å². The lowest BCUT2D eigenvalue weighted by Gasteiger charge is -2.08. The number of benzene rings is 1. The number of nitriles is 1. The van der Waals surface area contributed by atoms with Crippen LogP contribution >= 0.6 is 0 Å². The maximum Gasteiger partial charge on any atom is 0.292 e. The number of nitro benzene ring substituents is 1. The van der Waals surface area contributed by atoms with Crippen LogP contribution in [0, 0.1) is 21.4 Å². The number of nitrogens with one attached hydrogen (secondary N) is 1. The second-order valence-corrected chi connectivity index (χ2v) is 3.79. The van der Waals surface area contributed by atoms with Crippen LogP contribution in [0.5, 0.6) is 0 Å². The molecule has 6 nitrogen and oxygen atoms in total. The fraction of sp³-hybridized carbons (Fsp3) is 0.364. The number of rotatable bonds is 5. The summed E-state index contributed by atoms with van der Waals surface area (Å²) in [5.74, 6) is 0. The molecule has 1 aromatic carbocycles. The van der Waals surface area contributed by atoms with E-state index in [-0.39, 0.29) is 11.7 Å². The topological polar surface area (TPSA) is 105 Å². The van der Waals surface area contributed by atoms with Crippen LogP contribution in [-0.2, 0) is 0 Å². The largest absolute Gasteiger partial charge is 0.379 e. The maximum absolute atomic E-state index is 10.8. The first-order valence-electron chi connectivity index (χ1n) is 5.22. The second kappa shape index (κ2) is 5.82. The zero-order chi connectivity index (χ0) is 12.8. The molecule has 0 fully saturated rings. The van der Waals surface area contributed by atoms with Crippen LogP contribution < -0.4 is 11.1 Å². The summed E-state index contributed by atoms with van der Waals surface area (Å²) >= 11 is 0. The third-order valence-corrected chi connectivity index (χ3v) is 2.24. The standard InChI is InChI=1S/C11H14N4O2/c1-8(13)4-5-14-10-6-9(7-12)2-3-11(10)15(16)17/h2-3,6,8,14H,4-5,13H2,1H3. The van der Waals surface area contributed by atoms with Crippen molar-refractivity contribution in [2.45, 2.75) is 19.4 Å². The van der Waals surface area contributed by atoms with Crippen molar-refractivity contribution >= 4 is 11.4 Å². The van der Waals surface area contributed by atoms with Gasteiger partial charge >= 0.3 is 0 Å². The van der Waals surface area contributed by atoms with E-state index in [2.05, 4.69) is 5.32 Å². The predicted molar refractivity (Wildman–Crippen MR) is 64.6 cm³/mol. The lowest BCUT2D eigenvalue weighted by Crippen LogP contribution is -2.19. The molecule has 0 saturated heterocycles. The van der Waals surface area contributed by atoms with E-state index >= 15 is 0 Å². The third-order valence-electron chi connectivity index (χ3n) is 2.24. The molecule has 0 heterocycles. The molecule has 0 bridgehead atoms. The second-order valence-electron chi connectivity index (χ2n) is 3.79. The molecule has 1 aromatic rings. The van der Waals surface area contributed by atoms with Crippen LogP contribution in [0.3, 0.4) is 0 Å². The van der Waals surface area contributed by atoms with Crippen molar-refractivity contribution in [3.63, 3.8) is 0 Å². The fourth-order valence-corrected chi connectivity index (χ4v) is 1.34. The van der Waals surface area contributed by atoms with E-state index in [1.807, 2.05) is 13.0 Å². The van der Waals surface area contributed by atoms with Gasteiger partial charge in [0.05, 0.1) is 16.6 Å². The highest BCUT2D eigenvalue weighted by Crippen LogP contribution is 2.25. The first-order valence-corrected chi connectivity index (χ1v) is 5.22. The van der Waals surface area contributed by atoms with E-state index in [4.69, 9.17) is 11.0 Å². The number of nitrogens with zero attached hydrogens (tertiary/aromatic N) is 2. The lowest BCUT2D eigenvalue weighted by atomic mass is 10.2. The van der Waals surface area contributed by atoms with Gasteiger partial charge in [0.2, 0.25) is 0 Å². The number of anilines is 1. The molecule has 0 saturated carbocycles. The first kappa shape index (κ1) is 12.9. The highest BCUT2D eigenvalue weighted by molar-refractivity contribution is 5.64. The SMILES string of the molecule is CC(N)CCNc1cc(C#N)ccc1[N+](=O)[O-]. The molecule has 1 unspecified atom stereocenters. The van der Waals surface area contributed by atoms with E-state index < -0.39 is 4.92 Å². The normalized spacial score (nSPS) is 11.6. The Morgan fingerprint density at radius 1 is 1.65 bits per heavy atom. The molecule has 0 aromatic heterocycles. The van der Waals surface area contributed by atoms with Gasteiger partial charge in [-0.2, -0.15) is 5.26 Å². The van der Waals surface area contributed by atoms with E-state index in [1.165, 1.54) is 18.2 Å². The van der Waals surface area contributed by atoms with Crippen molar-refractivity contribution < 1.29 is 4.92 Å². The summed E-state index contributed by atoms with van der Waals surface area (Å²) in [7, 11) is 0. The minimum atomic E-state index is -0.477. The molecule has 0 amide bonds. The first-order chi connectivity index (χ1) is 8.04. The van der Waals surface area contributed by atoms with Crippen LogP contribution in [0.25, 0.3) is 0 Å². The van der Waals surface area contributed by atoms with Gasteiger partial charge in [0.15, 0.2) is 0 Å². The molecule has 1 atom stereocenters. The Bertz CT molecular complexity index is 451. The summed E-state index contributed by atoms with van der Waals surface area (Å²) in [6.07, 6.45) is 0.702. The Labute approximate surface area is 99.2 Å². The van der Waals surface area contributed by atoms with E-state index in [0.717, 1.165) is 0 Å². The zero-order valence-corrected chi connectivity index (χ0v) is 9.51. The molecule has 0 aliphatic heterocycles. The Morgan fingerprint density at radius 2 is 2.35 bits per heavy atom. The van der Waals surface area contributed by atoms with Gasteiger partial charge < -0.3 is 11.1 Å². The summed E-state index contributed by atoms with van der Waals surface area (Å²) in [6, 6.07) is 6.20. The molecule has 0 spiro atoms. The molecule has 3 N–H and O–H groups in total. The summed E-state index contributed by atoms with van der Waals surface area (Å²) < 4.78 is 0. The maximum atomic E-state index is 10.8. The Kier molecular flexibility index (Phi) is 4.43. The average molecular weight is 234 g/mol. The van der Waals surface area contributed by atoms with Gasteiger partial charge in [-0.25, -0.2) is 0 Å². The van der Waals surface area contributed by atoms with E-state index in [0.29, 0.717) is 24.2 Å². The van der Waals surface area contributed by atoms with Crippen molar-refractivity contribution in [3.05, 3.63) is 33.9 Å². The van der Waals surface area contributed by atoms with Crippen LogP contribution in [0.15, 0.2) is 18.2 Å². The molecule has 0 aliphatic rings. The predicted octanol–water partition coefficient (Wildman–Crippen LogP) is 1.62. The van der Waals surface area contributed by atoms with Gasteiger partial charge in [-0.05, 0) is 25.5 Å². The summed E-state index contributed by atoms with van der Waals surface area (Å²) in [5.41, 5.74) is 6.29. The van der Waals surface area contributed by atoms with Crippen molar-refractivity contribution in [3.8, 4) is 6.07 Å². The third kappa shape index (κ3) is 3.74. The van der Waals surface area contributed by atoms with Gasteiger partial charge in [0, 0.05) is 18.7 Å². The fourth-order valence-electron chi connectivity index (χ4n) is 1.34. The molecular weight excluding hydrogens is 220 g/mol. The lowest BCUT2D eigenvalue weighted by molar-refractivity contribution is -0.384. The molecule has 17 heavy (non-hydrogen) atoms. The average Bonchev–Trinajstić information content (AvgIpc) is 2.28. The number of hydrogen-bond donors (Lipinski definition) is 2. The Morgan fingerprint density at radius 3 is 2.88 bits per heavy atom. The molecule has 0 radical (unpaired) electrons. The number of nitro groups is 1. The zero-order valence-electron chi connectivity index (χ0n) is 9.51. The highest BCUT2D eigenvalue weighted by atomic mass is 16.6. The van der Waals surface area contributed by atoms with Crippen molar-refractivity contribution in [2.24, 2.45) is 5.73 Å². The van der Waals surface area contributed by atoms with Gasteiger partial charge in [0.1, 0.15) is 5.69 Å². The smallest absolute Gasteiger partial charge is 0.292 e. The van der Waals surface area contributed by atoms with Gasteiger partial charge in [-0.15, -0.1) is 0 Å². The van der Waals surface area contributed by atoms with Crippen LogP contribution in [0.4, 0.5) is 11.4 Å². The van der Waals surface area contributed by atoms with Crippen molar-refractivity contribution in [2.75, 3.05) is 11.9 Å². The Balaban J connectivity index is 2.86. The summed E-state index contributed by atoms with van der Waals surface area (Å²) in [4.78, 5) is 10.3. The summed E-state index contributed by atoms with van der Waals surface area (Å²) in [6.45, 7) is 2.40. The van der Waals surface area contributed by atoms with Crippen LogP contribution in [-0.4, -0.2) is 17.5 Å². The van der Waals surface area contributed by atoms with E-state index in [1.54, 1.807) is 0 Å². The molecule has 90 valence electrons. The molecule has 6 heteroatoms. The molecule has 0 aliphatic carbocycles. The van der Waals surface area contributed by atoms with Gasteiger partial charge in [-0.1, -0.05) is 0 Å². The van der Waals surface area contributed by atoms with Gasteiger partial charge in [0.25, 0.3) is 5.69 Å².